The van der Waals surface area contributed by atoms with E-state index in [1.165, 1.54) is 0 Å². The Morgan fingerprint density at radius 1 is 1.35 bits per heavy atom. The van der Waals surface area contributed by atoms with Crippen molar-refractivity contribution >= 4 is 16.0 Å². The van der Waals surface area contributed by atoms with Crippen molar-refractivity contribution in [1.82, 2.24) is 4.72 Å². The molecular weight excluding hydrogens is 282 g/mol. The van der Waals surface area contributed by atoms with Crippen molar-refractivity contribution in [3.63, 3.8) is 0 Å². The summed E-state index contributed by atoms with van der Waals surface area (Å²) in [6.07, 6.45) is -0.0430. The molecule has 20 heavy (non-hydrogen) atoms. The number of hydrogen-bond acceptors (Lipinski definition) is 4. The van der Waals surface area contributed by atoms with E-state index in [0.717, 1.165) is 11.1 Å². The summed E-state index contributed by atoms with van der Waals surface area (Å²) in [4.78, 5) is 10.3. The third-order valence-corrected chi connectivity index (χ3v) is 4.01. The number of methoxy groups -OCH3 is 1. The lowest BCUT2D eigenvalue weighted by atomic mass is 10.1. The van der Waals surface area contributed by atoms with E-state index in [1.807, 2.05) is 24.3 Å². The monoisotopic (exact) mass is 301 g/mol. The predicted octanol–water partition coefficient (Wildman–Crippen LogP) is 1.12. The molecule has 0 radical (unpaired) electrons. The Bertz CT molecular complexity index is 541. The van der Waals surface area contributed by atoms with E-state index in [9.17, 15) is 13.2 Å². The highest BCUT2D eigenvalue weighted by atomic mass is 32.2. The molecule has 112 valence electrons. The highest BCUT2D eigenvalue weighted by Crippen LogP contribution is 2.07. The van der Waals surface area contributed by atoms with Gasteiger partial charge in [-0.3, -0.25) is 4.79 Å². The van der Waals surface area contributed by atoms with Crippen LogP contribution < -0.4 is 4.72 Å². The van der Waals surface area contributed by atoms with Gasteiger partial charge in [-0.2, -0.15) is 0 Å². The first-order valence-corrected chi connectivity index (χ1v) is 7.84. The Morgan fingerprint density at radius 3 is 2.70 bits per heavy atom. The molecule has 0 aromatic heterocycles. The molecule has 0 aliphatic carbocycles. The van der Waals surface area contributed by atoms with Crippen LogP contribution in [0.1, 0.15) is 24.0 Å². The SMILES string of the molecule is COCc1cccc(CNS(=O)(=O)CCCC(=O)O)c1. The first-order chi connectivity index (χ1) is 9.43. The molecule has 0 amide bonds. The number of ether oxygens (including phenoxy) is 1. The van der Waals surface area contributed by atoms with Gasteiger partial charge in [0.2, 0.25) is 10.0 Å². The van der Waals surface area contributed by atoms with E-state index in [-0.39, 0.29) is 25.1 Å². The van der Waals surface area contributed by atoms with E-state index < -0.39 is 16.0 Å². The smallest absolute Gasteiger partial charge is 0.303 e. The maximum Gasteiger partial charge on any atom is 0.303 e. The van der Waals surface area contributed by atoms with Crippen molar-refractivity contribution in [2.24, 2.45) is 0 Å². The number of carboxylic acids is 1. The summed E-state index contributed by atoms with van der Waals surface area (Å²) in [6, 6.07) is 7.42. The lowest BCUT2D eigenvalue weighted by molar-refractivity contribution is -0.137. The molecule has 0 saturated heterocycles. The maximum atomic E-state index is 11.7. The van der Waals surface area contributed by atoms with E-state index >= 15 is 0 Å². The molecule has 0 fully saturated rings. The van der Waals surface area contributed by atoms with Crippen LogP contribution in [0.3, 0.4) is 0 Å². The van der Waals surface area contributed by atoms with Crippen LogP contribution in [0.15, 0.2) is 24.3 Å². The quantitative estimate of drug-likeness (QED) is 0.713. The second-order valence-electron chi connectivity index (χ2n) is 4.39. The standard InChI is InChI=1S/C13H19NO5S/c1-19-10-12-5-2-4-11(8-12)9-14-20(17,18)7-3-6-13(15)16/h2,4-5,8,14H,3,6-7,9-10H2,1H3,(H,15,16). The summed E-state index contributed by atoms with van der Waals surface area (Å²) in [6.45, 7) is 0.659. The number of carbonyl (C=O) groups is 1. The average Bonchev–Trinajstić information content (AvgIpc) is 2.37. The van der Waals surface area contributed by atoms with Crippen molar-refractivity contribution in [2.45, 2.75) is 26.0 Å². The van der Waals surface area contributed by atoms with Gasteiger partial charge < -0.3 is 9.84 Å². The minimum atomic E-state index is -3.45. The summed E-state index contributed by atoms with van der Waals surface area (Å²) >= 11 is 0. The lowest BCUT2D eigenvalue weighted by Crippen LogP contribution is -2.26. The summed E-state index contributed by atoms with van der Waals surface area (Å²) in [7, 11) is -1.85. The maximum absolute atomic E-state index is 11.7. The van der Waals surface area contributed by atoms with E-state index in [0.29, 0.717) is 6.61 Å². The van der Waals surface area contributed by atoms with Crippen LogP contribution in [0.5, 0.6) is 0 Å². The first kappa shape index (κ1) is 16.6. The molecule has 7 heteroatoms. The van der Waals surface area contributed by atoms with E-state index in [2.05, 4.69) is 4.72 Å². The van der Waals surface area contributed by atoms with Crippen LogP contribution in [0.4, 0.5) is 0 Å². The Labute approximate surface area is 118 Å². The predicted molar refractivity (Wildman–Crippen MR) is 74.7 cm³/mol. The number of rotatable bonds is 9. The molecule has 6 nitrogen and oxygen atoms in total. The van der Waals surface area contributed by atoms with Crippen molar-refractivity contribution in [2.75, 3.05) is 12.9 Å². The van der Waals surface area contributed by atoms with Gasteiger partial charge in [0.05, 0.1) is 12.4 Å². The molecule has 0 heterocycles. The number of sulfonamides is 1. The van der Waals surface area contributed by atoms with Gasteiger partial charge in [-0.25, -0.2) is 13.1 Å². The van der Waals surface area contributed by atoms with Gasteiger partial charge in [0.15, 0.2) is 0 Å². The fourth-order valence-electron chi connectivity index (χ4n) is 1.67. The number of carboxylic acid groups (broad SMARTS) is 1. The summed E-state index contributed by atoms with van der Waals surface area (Å²) in [5, 5.41) is 8.47. The Hall–Kier alpha value is -1.44. The van der Waals surface area contributed by atoms with Crippen LogP contribution in [-0.2, 0) is 32.7 Å². The molecule has 0 saturated carbocycles. The Balaban J connectivity index is 2.49. The van der Waals surface area contributed by atoms with Gasteiger partial charge in [-0.15, -0.1) is 0 Å². The normalized spacial score (nSPS) is 11.4. The molecule has 0 aliphatic rings. The molecule has 0 unspecified atom stereocenters. The highest BCUT2D eigenvalue weighted by Gasteiger charge is 2.11. The van der Waals surface area contributed by atoms with Gasteiger partial charge in [-0.05, 0) is 17.5 Å². The minimum Gasteiger partial charge on any atom is -0.481 e. The van der Waals surface area contributed by atoms with Gasteiger partial charge >= 0.3 is 5.97 Å². The third kappa shape index (κ3) is 6.65. The topological polar surface area (TPSA) is 92.7 Å². The van der Waals surface area contributed by atoms with Crippen LogP contribution in [0.2, 0.25) is 0 Å². The summed E-state index contributed by atoms with van der Waals surface area (Å²) in [5.41, 5.74) is 1.80. The molecular formula is C13H19NO5S. The number of nitrogens with one attached hydrogen (secondary N) is 1. The average molecular weight is 301 g/mol. The fraction of sp³-hybridized carbons (Fsp3) is 0.462. The van der Waals surface area contributed by atoms with Crippen molar-refractivity contribution in [3.05, 3.63) is 35.4 Å². The zero-order chi connectivity index (χ0) is 15.0. The van der Waals surface area contributed by atoms with Gasteiger partial charge in [-0.1, -0.05) is 24.3 Å². The second kappa shape index (κ2) is 7.98. The molecule has 1 aromatic carbocycles. The lowest BCUT2D eigenvalue weighted by Gasteiger charge is -2.07. The fourth-order valence-corrected chi connectivity index (χ4v) is 2.73. The number of benzene rings is 1. The van der Waals surface area contributed by atoms with Gasteiger partial charge in [0.1, 0.15) is 0 Å². The van der Waals surface area contributed by atoms with Gasteiger partial charge in [0, 0.05) is 20.1 Å². The van der Waals surface area contributed by atoms with Gasteiger partial charge in [0.25, 0.3) is 0 Å². The molecule has 0 aliphatic heterocycles. The molecule has 0 atom stereocenters. The molecule has 0 bridgehead atoms. The molecule has 2 N–H and O–H groups in total. The second-order valence-corrected chi connectivity index (χ2v) is 6.32. The summed E-state index contributed by atoms with van der Waals surface area (Å²) in [5.74, 6) is -1.18. The number of aliphatic carboxylic acids is 1. The zero-order valence-corrected chi connectivity index (χ0v) is 12.1. The first-order valence-electron chi connectivity index (χ1n) is 6.19. The van der Waals surface area contributed by atoms with Crippen LogP contribution >= 0.6 is 0 Å². The van der Waals surface area contributed by atoms with Crippen LogP contribution in [-0.4, -0.2) is 32.4 Å². The third-order valence-electron chi connectivity index (χ3n) is 2.60. The largest absolute Gasteiger partial charge is 0.481 e. The number of hydrogen-bond donors (Lipinski definition) is 2. The van der Waals surface area contributed by atoms with Crippen molar-refractivity contribution < 1.29 is 23.1 Å². The van der Waals surface area contributed by atoms with E-state index in [1.54, 1.807) is 7.11 Å². The molecule has 1 rings (SSSR count). The highest BCUT2D eigenvalue weighted by molar-refractivity contribution is 7.89. The Morgan fingerprint density at radius 2 is 2.05 bits per heavy atom. The van der Waals surface area contributed by atoms with Crippen molar-refractivity contribution in [3.8, 4) is 0 Å². The zero-order valence-electron chi connectivity index (χ0n) is 11.3. The van der Waals surface area contributed by atoms with Crippen molar-refractivity contribution in [1.29, 1.82) is 0 Å². The van der Waals surface area contributed by atoms with E-state index in [4.69, 9.17) is 9.84 Å². The summed E-state index contributed by atoms with van der Waals surface area (Å²) < 4.78 is 30.8. The minimum absolute atomic E-state index is 0.106. The Kier molecular flexibility index (Phi) is 6.63. The molecule has 0 spiro atoms. The van der Waals surface area contributed by atoms with Crippen LogP contribution in [0.25, 0.3) is 0 Å². The van der Waals surface area contributed by atoms with Crippen LogP contribution in [0, 0.1) is 0 Å². The molecule has 1 aromatic rings.